The van der Waals surface area contributed by atoms with Gasteiger partial charge in [-0.05, 0) is 315 Å². The molecule has 1 aliphatic rings. The van der Waals surface area contributed by atoms with Crippen molar-refractivity contribution >= 4 is 54.3 Å². The predicted octanol–water partition coefficient (Wildman–Crippen LogP) is 18.5. The second-order valence-electron chi connectivity index (χ2n) is 20.9. The van der Waals surface area contributed by atoms with E-state index < -0.39 is 0 Å². The number of rotatable bonds is 2. The van der Waals surface area contributed by atoms with Gasteiger partial charge in [0.1, 0.15) is 11.2 Å². The largest absolute Gasteiger partial charge is 0.455 e. The van der Waals surface area contributed by atoms with Crippen molar-refractivity contribution in [3.8, 4) is 33.4 Å². The van der Waals surface area contributed by atoms with E-state index in [-0.39, 0.29) is 17.5 Å². The maximum absolute atomic E-state index is 10.2. The lowest BCUT2D eigenvalue weighted by Crippen LogP contribution is -2.19. The Bertz CT molecular complexity index is 3960. The number of hydrogen-bond acceptors (Lipinski definition) is 1. The van der Waals surface area contributed by atoms with Crippen LogP contribution in [0.3, 0.4) is 0 Å². The minimum atomic E-state index is -0.236. The Morgan fingerprint density at radius 3 is 1.42 bits per heavy atom. The molecule has 330 valence electrons. The van der Waals surface area contributed by atoms with Gasteiger partial charge in [0.2, 0.25) is 0 Å². The standard InChI is InChI=1S/C64H68O/c1-27-22-23-28(2)49-48(27)58(52-40(14)42(16)61-56(44(52)18)55-39(13)34(8)35(9)41(15)60(55)64(61,20)21)50-31(5)24-29(3)33(7)53(50)59(49)54-38(12)36(10)43(17)63-57(54)47-26-46-25-30(4)32(6)37(11)51(46)45(19)62(47)65-63/h22-26H,1-21H3/i22D,23D,24D,25D,26D. The van der Waals surface area contributed by atoms with Crippen LogP contribution in [-0.2, 0) is 5.41 Å². The van der Waals surface area contributed by atoms with Crippen LogP contribution in [0.1, 0.15) is 138 Å². The van der Waals surface area contributed by atoms with Gasteiger partial charge in [-0.15, -0.1) is 0 Å². The molecule has 0 saturated heterocycles. The first-order valence-corrected chi connectivity index (χ1v) is 23.7. The van der Waals surface area contributed by atoms with Crippen molar-refractivity contribution in [1.82, 2.24) is 0 Å². The zero-order chi connectivity index (χ0) is 51.5. The van der Waals surface area contributed by atoms with Crippen molar-refractivity contribution in [3.63, 3.8) is 0 Å². The first-order valence-electron chi connectivity index (χ1n) is 26.2. The fourth-order valence-corrected chi connectivity index (χ4v) is 13.1. The van der Waals surface area contributed by atoms with Gasteiger partial charge >= 0.3 is 0 Å². The minimum absolute atomic E-state index is 0.198. The molecule has 1 aliphatic carbocycles. The summed E-state index contributed by atoms with van der Waals surface area (Å²) in [5.41, 5.74) is 31.0. The zero-order valence-electron chi connectivity index (χ0n) is 47.9. The van der Waals surface area contributed by atoms with Crippen molar-refractivity contribution in [3.05, 3.63) is 147 Å². The van der Waals surface area contributed by atoms with Gasteiger partial charge in [0.25, 0.3) is 0 Å². The average molecular weight is 858 g/mol. The monoisotopic (exact) mass is 858 g/mol. The average Bonchev–Trinajstić information content (AvgIpc) is 3.84. The van der Waals surface area contributed by atoms with E-state index >= 15 is 0 Å². The molecular formula is C64H68O. The third kappa shape index (κ3) is 5.28. The number of benzene rings is 8. The number of fused-ring (bicyclic) bond motifs is 9. The highest BCUT2D eigenvalue weighted by molar-refractivity contribution is 6.30. The van der Waals surface area contributed by atoms with Gasteiger partial charge in [-0.1, -0.05) is 38.0 Å². The second kappa shape index (κ2) is 13.9. The van der Waals surface area contributed by atoms with E-state index in [1.165, 1.54) is 61.2 Å². The van der Waals surface area contributed by atoms with Crippen molar-refractivity contribution in [2.45, 2.75) is 151 Å². The number of hydrogen-bond donors (Lipinski definition) is 0. The van der Waals surface area contributed by atoms with Gasteiger partial charge in [0.05, 0.1) is 6.85 Å². The lowest BCUT2D eigenvalue weighted by Gasteiger charge is -2.30. The predicted molar refractivity (Wildman–Crippen MR) is 285 cm³/mol. The van der Waals surface area contributed by atoms with Crippen LogP contribution in [0.15, 0.2) is 34.6 Å². The molecule has 0 amide bonds. The van der Waals surface area contributed by atoms with Crippen LogP contribution in [-0.4, -0.2) is 0 Å². The molecule has 0 bridgehead atoms. The van der Waals surface area contributed by atoms with Gasteiger partial charge in [0, 0.05) is 21.8 Å². The quantitative estimate of drug-likeness (QED) is 0.158. The third-order valence-corrected chi connectivity index (χ3v) is 17.4. The van der Waals surface area contributed by atoms with Gasteiger partial charge < -0.3 is 4.42 Å². The lowest BCUT2D eigenvalue weighted by atomic mass is 9.73. The second-order valence-corrected chi connectivity index (χ2v) is 20.9. The Morgan fingerprint density at radius 1 is 0.323 bits per heavy atom. The summed E-state index contributed by atoms with van der Waals surface area (Å²) in [6, 6.07) is 1.57. The van der Waals surface area contributed by atoms with Crippen molar-refractivity contribution in [2.75, 3.05) is 0 Å². The summed E-state index contributed by atoms with van der Waals surface area (Å²) in [6.07, 6.45) is 0. The Labute approximate surface area is 395 Å². The lowest BCUT2D eigenvalue weighted by molar-refractivity contribution is 0.648. The maximum Gasteiger partial charge on any atom is 0.139 e. The summed E-state index contributed by atoms with van der Waals surface area (Å²) in [5.74, 6) is 0. The Hall–Kier alpha value is -5.66. The normalized spacial score (nSPS) is 14.5. The van der Waals surface area contributed by atoms with E-state index in [1.807, 2.05) is 20.8 Å². The molecule has 8 aromatic carbocycles. The van der Waals surface area contributed by atoms with Gasteiger partial charge in [-0.2, -0.15) is 0 Å². The third-order valence-electron chi connectivity index (χ3n) is 17.4. The summed E-state index contributed by atoms with van der Waals surface area (Å²) < 4.78 is 56.3. The molecule has 0 fully saturated rings. The summed E-state index contributed by atoms with van der Waals surface area (Å²) in [6.45, 7) is 45.9. The molecule has 0 atom stereocenters. The van der Waals surface area contributed by atoms with Crippen LogP contribution in [0.25, 0.3) is 87.6 Å². The number of furan rings is 1. The SMILES string of the molecule is [2H]c1c([2H])c(C)c2c(-c3c(C)c(C)c(C)c4oc5c(C)c6c(C)c(C)c(C)c([2H])c6c([2H])c5c34)c3c(C)c(C)c([2H])c(C)c3c(-c3c(C)c(C)c4c(c3C)-c3c(C)c(C)c(C)c(C)c3C4(C)C)c2c1C. The Balaban J connectivity index is 1.54. The molecule has 0 saturated carbocycles. The molecule has 0 unspecified atom stereocenters. The van der Waals surface area contributed by atoms with E-state index in [1.54, 1.807) is 0 Å². The van der Waals surface area contributed by atoms with Crippen LogP contribution >= 0.6 is 0 Å². The fraction of sp³-hybridized carbons (Fsp3) is 0.344. The van der Waals surface area contributed by atoms with E-state index in [2.05, 4.69) is 125 Å². The van der Waals surface area contributed by atoms with Gasteiger partial charge in [-0.3, -0.25) is 0 Å². The van der Waals surface area contributed by atoms with Crippen LogP contribution in [0.2, 0.25) is 0 Å². The van der Waals surface area contributed by atoms with Crippen LogP contribution < -0.4 is 0 Å². The highest BCUT2D eigenvalue weighted by atomic mass is 16.3. The molecule has 0 spiro atoms. The minimum Gasteiger partial charge on any atom is -0.455 e. The van der Waals surface area contributed by atoms with Crippen molar-refractivity contribution in [1.29, 1.82) is 0 Å². The van der Waals surface area contributed by atoms with E-state index in [9.17, 15) is 6.85 Å². The smallest absolute Gasteiger partial charge is 0.139 e. The summed E-state index contributed by atoms with van der Waals surface area (Å²) in [7, 11) is 0. The molecule has 1 heterocycles. The molecule has 1 nitrogen and oxygen atoms in total. The molecule has 9 aromatic rings. The number of aryl methyl sites for hydroxylation is 7. The summed E-state index contributed by atoms with van der Waals surface area (Å²) in [4.78, 5) is 0. The first kappa shape index (κ1) is 37.5. The van der Waals surface area contributed by atoms with E-state index in [0.29, 0.717) is 34.5 Å². The fourth-order valence-electron chi connectivity index (χ4n) is 13.1. The van der Waals surface area contributed by atoms with Crippen LogP contribution in [0.4, 0.5) is 0 Å². The van der Waals surface area contributed by atoms with E-state index in [0.717, 1.165) is 127 Å². The first-order chi connectivity index (χ1) is 32.6. The zero-order valence-corrected chi connectivity index (χ0v) is 42.9. The Morgan fingerprint density at radius 2 is 0.800 bits per heavy atom. The highest BCUT2D eigenvalue weighted by Gasteiger charge is 2.43. The van der Waals surface area contributed by atoms with Crippen molar-refractivity contribution in [2.24, 2.45) is 0 Å². The van der Waals surface area contributed by atoms with E-state index in [4.69, 9.17) is 4.42 Å². The van der Waals surface area contributed by atoms with Gasteiger partial charge in [0.15, 0.2) is 0 Å². The molecule has 0 aliphatic heterocycles. The molecule has 0 N–H and O–H groups in total. The topological polar surface area (TPSA) is 13.1 Å². The summed E-state index contributed by atoms with van der Waals surface area (Å²) >= 11 is 0. The van der Waals surface area contributed by atoms with Gasteiger partial charge in [-0.25, -0.2) is 0 Å². The highest BCUT2D eigenvalue weighted by Crippen LogP contribution is 2.60. The molecule has 1 heteroatoms. The molecule has 65 heavy (non-hydrogen) atoms. The maximum atomic E-state index is 10.2. The molecule has 10 rings (SSSR count). The summed E-state index contributed by atoms with van der Waals surface area (Å²) in [5, 5.41) is 6.97. The molecule has 1 aromatic heterocycles. The van der Waals surface area contributed by atoms with Crippen LogP contribution in [0.5, 0.6) is 0 Å². The van der Waals surface area contributed by atoms with Crippen LogP contribution in [0, 0.1) is 132 Å². The Kier molecular flexibility index (Phi) is 8.05. The molecule has 0 radical (unpaired) electrons. The van der Waals surface area contributed by atoms with Crippen molar-refractivity contribution < 1.29 is 11.3 Å². The molecular weight excluding hydrogens is 785 g/mol.